The molecule has 1 fully saturated rings. The van der Waals surface area contributed by atoms with Crippen molar-refractivity contribution in [2.45, 2.75) is 37.5 Å². The van der Waals surface area contributed by atoms with Crippen LogP contribution in [0.5, 0.6) is 0 Å². The van der Waals surface area contributed by atoms with Crippen LogP contribution in [0.2, 0.25) is 0 Å². The Morgan fingerprint density at radius 1 is 1.38 bits per heavy atom. The van der Waals surface area contributed by atoms with E-state index in [1.807, 2.05) is 0 Å². The molecular formula is C14H17ClFNO3S. The summed E-state index contributed by atoms with van der Waals surface area (Å²) in [6.07, 6.45) is 4.41. The Labute approximate surface area is 128 Å². The summed E-state index contributed by atoms with van der Waals surface area (Å²) in [5.74, 6) is -1.39. The molecule has 0 aliphatic heterocycles. The van der Waals surface area contributed by atoms with E-state index in [1.165, 1.54) is 6.07 Å². The lowest BCUT2D eigenvalue weighted by atomic mass is 9.89. The van der Waals surface area contributed by atoms with Gasteiger partial charge in [-0.2, -0.15) is 0 Å². The maximum absolute atomic E-state index is 13.4. The largest absolute Gasteiger partial charge is 0.351 e. The topological polar surface area (TPSA) is 63.2 Å². The highest BCUT2D eigenvalue weighted by Crippen LogP contribution is 2.36. The lowest BCUT2D eigenvalue weighted by molar-refractivity contribution is 0.0934. The Hall–Kier alpha value is -1.14. The van der Waals surface area contributed by atoms with Crippen molar-refractivity contribution in [2.24, 2.45) is 5.41 Å². The van der Waals surface area contributed by atoms with E-state index in [1.54, 1.807) is 0 Å². The molecule has 0 unspecified atom stereocenters. The van der Waals surface area contributed by atoms with Crippen LogP contribution in [0.4, 0.5) is 4.39 Å². The molecule has 1 saturated carbocycles. The van der Waals surface area contributed by atoms with Crippen molar-refractivity contribution < 1.29 is 17.6 Å². The molecule has 116 valence electrons. The second kappa shape index (κ2) is 5.93. The van der Waals surface area contributed by atoms with Crippen molar-refractivity contribution in [3.05, 3.63) is 29.6 Å². The molecule has 1 amide bonds. The smallest absolute Gasteiger partial charge is 0.264 e. The summed E-state index contributed by atoms with van der Waals surface area (Å²) in [5, 5.41) is 2.78. The van der Waals surface area contributed by atoms with Gasteiger partial charge in [-0.05, 0) is 36.5 Å². The third-order valence-electron chi connectivity index (χ3n) is 3.94. The van der Waals surface area contributed by atoms with Gasteiger partial charge < -0.3 is 5.32 Å². The predicted octanol–water partition coefficient (Wildman–Crippen LogP) is 3.06. The zero-order chi connectivity index (χ0) is 15.7. The number of carbonyl (C=O) groups is 1. The summed E-state index contributed by atoms with van der Waals surface area (Å²) in [7, 11) is 0.929. The average Bonchev–Trinajstić information content (AvgIpc) is 2.83. The van der Waals surface area contributed by atoms with Gasteiger partial charge in [0.1, 0.15) is 10.7 Å². The fourth-order valence-electron chi connectivity index (χ4n) is 2.63. The highest BCUT2D eigenvalue weighted by atomic mass is 35.7. The van der Waals surface area contributed by atoms with Crippen LogP contribution in [0.1, 0.15) is 43.0 Å². The maximum Gasteiger partial charge on any atom is 0.264 e. The van der Waals surface area contributed by atoms with Gasteiger partial charge in [0.25, 0.3) is 15.0 Å². The second-order valence-corrected chi connectivity index (χ2v) is 8.32. The van der Waals surface area contributed by atoms with Gasteiger partial charge in [-0.1, -0.05) is 19.8 Å². The molecule has 7 heteroatoms. The van der Waals surface area contributed by atoms with Crippen LogP contribution in [-0.4, -0.2) is 20.9 Å². The normalized spacial score (nSPS) is 17.7. The summed E-state index contributed by atoms with van der Waals surface area (Å²) in [5.41, 5.74) is 0.161. The molecule has 21 heavy (non-hydrogen) atoms. The lowest BCUT2D eigenvalue weighted by Gasteiger charge is -2.23. The monoisotopic (exact) mass is 333 g/mol. The Kier molecular flexibility index (Phi) is 4.58. The van der Waals surface area contributed by atoms with Gasteiger partial charge in [-0.3, -0.25) is 4.79 Å². The van der Waals surface area contributed by atoms with Crippen LogP contribution in [0.25, 0.3) is 0 Å². The Balaban J connectivity index is 2.13. The summed E-state index contributed by atoms with van der Waals surface area (Å²) >= 11 is 0. The molecule has 0 aromatic heterocycles. The number of rotatable bonds is 4. The summed E-state index contributed by atoms with van der Waals surface area (Å²) in [6, 6.07) is 3.14. The van der Waals surface area contributed by atoms with Crippen LogP contribution in [-0.2, 0) is 9.05 Å². The van der Waals surface area contributed by atoms with E-state index in [9.17, 15) is 17.6 Å². The van der Waals surface area contributed by atoms with Crippen molar-refractivity contribution in [3.63, 3.8) is 0 Å². The highest BCUT2D eigenvalue weighted by Gasteiger charge is 2.29. The van der Waals surface area contributed by atoms with Gasteiger partial charge in [0.05, 0.1) is 0 Å². The van der Waals surface area contributed by atoms with Crippen LogP contribution in [0.15, 0.2) is 23.1 Å². The third-order valence-corrected chi connectivity index (χ3v) is 5.28. The van der Waals surface area contributed by atoms with E-state index in [4.69, 9.17) is 10.7 Å². The Morgan fingerprint density at radius 2 is 2.00 bits per heavy atom. The molecule has 2 rings (SSSR count). The minimum absolute atomic E-state index is 0.0804. The number of hydrogen-bond donors (Lipinski definition) is 1. The zero-order valence-corrected chi connectivity index (χ0v) is 13.2. The lowest BCUT2D eigenvalue weighted by Crippen LogP contribution is -2.34. The third kappa shape index (κ3) is 3.95. The fourth-order valence-corrected chi connectivity index (χ4v) is 3.56. The first-order valence-corrected chi connectivity index (χ1v) is 9.05. The first-order chi connectivity index (χ1) is 9.71. The minimum Gasteiger partial charge on any atom is -0.351 e. The highest BCUT2D eigenvalue weighted by molar-refractivity contribution is 8.13. The molecule has 1 aromatic carbocycles. The molecule has 1 aliphatic rings. The Bertz CT molecular complexity index is 654. The first-order valence-electron chi connectivity index (χ1n) is 6.74. The molecule has 1 N–H and O–H groups in total. The quantitative estimate of drug-likeness (QED) is 0.861. The van der Waals surface area contributed by atoms with Gasteiger partial charge in [0.15, 0.2) is 0 Å². The Morgan fingerprint density at radius 3 is 2.57 bits per heavy atom. The number of amides is 1. The molecule has 0 atom stereocenters. The summed E-state index contributed by atoms with van der Waals surface area (Å²) in [6.45, 7) is 2.63. The van der Waals surface area contributed by atoms with Crippen LogP contribution in [0, 0.1) is 11.2 Å². The van der Waals surface area contributed by atoms with E-state index in [0.29, 0.717) is 6.54 Å². The van der Waals surface area contributed by atoms with Gasteiger partial charge in [0, 0.05) is 22.8 Å². The molecule has 0 bridgehead atoms. The van der Waals surface area contributed by atoms with Gasteiger partial charge in [-0.25, -0.2) is 12.8 Å². The maximum atomic E-state index is 13.4. The average molecular weight is 334 g/mol. The molecular weight excluding hydrogens is 317 g/mol. The first kappa shape index (κ1) is 16.2. The number of halogens is 2. The fraction of sp³-hybridized carbons (Fsp3) is 0.500. The SMILES string of the molecule is CC1(CNC(=O)c2ccc(F)c(S(=O)(=O)Cl)c2)CCCC1. The summed E-state index contributed by atoms with van der Waals surface area (Å²) in [4.78, 5) is 11.4. The molecule has 4 nitrogen and oxygen atoms in total. The minimum atomic E-state index is -4.21. The van der Waals surface area contributed by atoms with Crippen molar-refractivity contribution in [1.82, 2.24) is 5.32 Å². The predicted molar refractivity (Wildman–Crippen MR) is 78.3 cm³/mol. The van der Waals surface area contributed by atoms with Crippen molar-refractivity contribution in [2.75, 3.05) is 6.54 Å². The van der Waals surface area contributed by atoms with Crippen LogP contribution in [0.3, 0.4) is 0 Å². The van der Waals surface area contributed by atoms with Crippen molar-refractivity contribution >= 4 is 25.6 Å². The standard InChI is InChI=1S/C14H17ClFNO3S/c1-14(6-2-3-7-14)9-17-13(18)10-4-5-11(16)12(8-10)21(15,19)20/h4-5,8H,2-3,6-7,9H2,1H3,(H,17,18). The van der Waals surface area contributed by atoms with E-state index < -0.39 is 25.7 Å². The van der Waals surface area contributed by atoms with E-state index in [2.05, 4.69) is 12.2 Å². The van der Waals surface area contributed by atoms with Crippen molar-refractivity contribution in [3.8, 4) is 0 Å². The second-order valence-electron chi connectivity index (χ2n) is 5.78. The molecule has 0 spiro atoms. The number of hydrogen-bond acceptors (Lipinski definition) is 3. The molecule has 0 heterocycles. The number of carbonyl (C=O) groups excluding carboxylic acids is 1. The van der Waals surface area contributed by atoms with Gasteiger partial charge in [-0.15, -0.1) is 0 Å². The van der Waals surface area contributed by atoms with E-state index in [0.717, 1.165) is 37.8 Å². The van der Waals surface area contributed by atoms with Crippen LogP contribution >= 0.6 is 10.7 Å². The van der Waals surface area contributed by atoms with Gasteiger partial charge in [0.2, 0.25) is 0 Å². The molecule has 1 aliphatic carbocycles. The molecule has 0 saturated heterocycles. The van der Waals surface area contributed by atoms with Gasteiger partial charge >= 0.3 is 0 Å². The van der Waals surface area contributed by atoms with E-state index in [-0.39, 0.29) is 11.0 Å². The zero-order valence-electron chi connectivity index (χ0n) is 11.7. The number of nitrogens with one attached hydrogen (secondary N) is 1. The molecule has 0 radical (unpaired) electrons. The number of benzene rings is 1. The summed E-state index contributed by atoms with van der Waals surface area (Å²) < 4.78 is 35.9. The van der Waals surface area contributed by atoms with E-state index >= 15 is 0 Å². The molecule has 1 aromatic rings. The van der Waals surface area contributed by atoms with Crippen molar-refractivity contribution in [1.29, 1.82) is 0 Å². The van der Waals surface area contributed by atoms with Crippen LogP contribution < -0.4 is 5.32 Å².